The molecule has 4 rings (SSSR count). The third-order valence-electron chi connectivity index (χ3n) is 6.27. The van der Waals surface area contributed by atoms with Crippen molar-refractivity contribution in [3.63, 3.8) is 0 Å². The smallest absolute Gasteiger partial charge is 0.327 e. The van der Waals surface area contributed by atoms with Crippen LogP contribution in [-0.4, -0.2) is 51.9 Å². The molecule has 3 atom stereocenters. The van der Waals surface area contributed by atoms with Crippen molar-refractivity contribution < 1.29 is 23.9 Å². The van der Waals surface area contributed by atoms with E-state index in [-0.39, 0.29) is 5.92 Å². The van der Waals surface area contributed by atoms with Gasteiger partial charge >= 0.3 is 12.0 Å². The van der Waals surface area contributed by atoms with E-state index >= 15 is 0 Å². The number of nitrogens with one attached hydrogen (secondary N) is 2. The Labute approximate surface area is 195 Å². The van der Waals surface area contributed by atoms with Crippen LogP contribution in [0.1, 0.15) is 39.5 Å². The molecule has 1 saturated heterocycles. The summed E-state index contributed by atoms with van der Waals surface area (Å²) in [6.45, 7) is 2.83. The second-order valence-corrected chi connectivity index (χ2v) is 9.32. The number of esters is 1. The SMILES string of the molecule is CC(OC(=O)CN1C(=O)NC2(CCCCC2C)C1=O)C(=O)Nc1nc(-c2ccccc2)cs1. The van der Waals surface area contributed by atoms with E-state index in [1.807, 2.05) is 42.6 Å². The molecule has 174 valence electrons. The quantitative estimate of drug-likeness (QED) is 0.495. The van der Waals surface area contributed by atoms with Crippen LogP contribution in [0.15, 0.2) is 35.7 Å². The molecule has 3 unspecified atom stereocenters. The summed E-state index contributed by atoms with van der Waals surface area (Å²) >= 11 is 1.26. The largest absolute Gasteiger partial charge is 0.451 e. The molecule has 2 heterocycles. The molecule has 9 nitrogen and oxygen atoms in total. The Kier molecular flexibility index (Phi) is 6.46. The van der Waals surface area contributed by atoms with Crippen LogP contribution >= 0.6 is 11.3 Å². The van der Waals surface area contributed by atoms with Gasteiger partial charge in [0.25, 0.3) is 11.8 Å². The van der Waals surface area contributed by atoms with Crippen molar-refractivity contribution in [2.45, 2.75) is 51.2 Å². The second kappa shape index (κ2) is 9.30. The molecule has 1 spiro atoms. The zero-order valence-corrected chi connectivity index (χ0v) is 19.3. The molecule has 2 N–H and O–H groups in total. The first-order chi connectivity index (χ1) is 15.8. The maximum absolute atomic E-state index is 13.0. The molecule has 1 aliphatic heterocycles. The summed E-state index contributed by atoms with van der Waals surface area (Å²) in [5.41, 5.74) is 0.706. The van der Waals surface area contributed by atoms with Crippen molar-refractivity contribution >= 4 is 40.3 Å². The number of ether oxygens (including phenoxy) is 1. The molecule has 33 heavy (non-hydrogen) atoms. The topological polar surface area (TPSA) is 118 Å². The summed E-state index contributed by atoms with van der Waals surface area (Å²) in [5.74, 6) is -1.78. The number of hydrogen-bond acceptors (Lipinski definition) is 7. The van der Waals surface area contributed by atoms with Crippen LogP contribution in [0.3, 0.4) is 0 Å². The van der Waals surface area contributed by atoms with Crippen molar-refractivity contribution in [1.82, 2.24) is 15.2 Å². The molecule has 2 aliphatic rings. The van der Waals surface area contributed by atoms with Gasteiger partial charge in [0.15, 0.2) is 11.2 Å². The predicted octanol–water partition coefficient (Wildman–Crippen LogP) is 3.18. The van der Waals surface area contributed by atoms with Crippen LogP contribution in [0.4, 0.5) is 9.93 Å². The Morgan fingerprint density at radius 2 is 2.06 bits per heavy atom. The lowest BCUT2D eigenvalue weighted by molar-refractivity contribution is -0.155. The van der Waals surface area contributed by atoms with E-state index < -0.39 is 42.0 Å². The van der Waals surface area contributed by atoms with Crippen LogP contribution in [-0.2, 0) is 19.1 Å². The number of amides is 4. The molecule has 1 saturated carbocycles. The van der Waals surface area contributed by atoms with Crippen molar-refractivity contribution in [2.75, 3.05) is 11.9 Å². The summed E-state index contributed by atoms with van der Waals surface area (Å²) in [7, 11) is 0. The number of carbonyl (C=O) groups is 4. The fourth-order valence-corrected chi connectivity index (χ4v) is 5.06. The average molecular weight is 471 g/mol. The zero-order valence-electron chi connectivity index (χ0n) is 18.5. The highest BCUT2D eigenvalue weighted by Gasteiger charge is 2.55. The highest BCUT2D eigenvalue weighted by molar-refractivity contribution is 7.14. The van der Waals surface area contributed by atoms with Gasteiger partial charge in [-0.2, -0.15) is 0 Å². The molecule has 2 fully saturated rings. The van der Waals surface area contributed by atoms with Crippen molar-refractivity contribution in [1.29, 1.82) is 0 Å². The fraction of sp³-hybridized carbons (Fsp3) is 0.435. The summed E-state index contributed by atoms with van der Waals surface area (Å²) in [6, 6.07) is 8.94. The molecule has 2 aromatic rings. The van der Waals surface area contributed by atoms with Crippen LogP contribution < -0.4 is 10.6 Å². The van der Waals surface area contributed by atoms with Crippen LogP contribution in [0.25, 0.3) is 11.3 Å². The van der Waals surface area contributed by atoms with Gasteiger partial charge < -0.3 is 10.1 Å². The number of thiazole rings is 1. The lowest BCUT2D eigenvalue weighted by Crippen LogP contribution is -2.54. The van der Waals surface area contributed by atoms with Gasteiger partial charge in [-0.25, -0.2) is 9.78 Å². The maximum atomic E-state index is 13.0. The van der Waals surface area contributed by atoms with E-state index in [0.29, 0.717) is 11.6 Å². The average Bonchev–Trinajstić information content (AvgIpc) is 3.35. The van der Waals surface area contributed by atoms with Gasteiger partial charge in [0.1, 0.15) is 12.1 Å². The molecule has 0 bridgehead atoms. The Morgan fingerprint density at radius 3 is 2.79 bits per heavy atom. The Morgan fingerprint density at radius 1 is 1.30 bits per heavy atom. The fourth-order valence-electron chi connectivity index (χ4n) is 4.34. The third kappa shape index (κ3) is 4.61. The van der Waals surface area contributed by atoms with Gasteiger partial charge in [-0.1, -0.05) is 50.1 Å². The zero-order chi connectivity index (χ0) is 23.6. The summed E-state index contributed by atoms with van der Waals surface area (Å²) in [6.07, 6.45) is 2.12. The number of rotatable bonds is 6. The first-order valence-electron chi connectivity index (χ1n) is 11.0. The molecule has 1 aliphatic carbocycles. The predicted molar refractivity (Wildman–Crippen MR) is 122 cm³/mol. The minimum absolute atomic E-state index is 0.00695. The van der Waals surface area contributed by atoms with E-state index in [4.69, 9.17) is 4.74 Å². The van der Waals surface area contributed by atoms with Crippen LogP contribution in [0.5, 0.6) is 0 Å². The van der Waals surface area contributed by atoms with Gasteiger partial charge in [-0.05, 0) is 25.7 Å². The van der Waals surface area contributed by atoms with Crippen molar-refractivity contribution in [3.8, 4) is 11.3 Å². The molecular formula is C23H26N4O5S. The molecule has 0 radical (unpaired) electrons. The normalized spacial score (nSPS) is 23.3. The first-order valence-corrected chi connectivity index (χ1v) is 11.8. The number of hydrogen-bond donors (Lipinski definition) is 2. The number of urea groups is 1. The molecule has 1 aromatic carbocycles. The highest BCUT2D eigenvalue weighted by Crippen LogP contribution is 2.38. The monoisotopic (exact) mass is 470 g/mol. The minimum atomic E-state index is -1.12. The van der Waals surface area contributed by atoms with Gasteiger partial charge in [0.05, 0.1) is 5.69 Å². The van der Waals surface area contributed by atoms with E-state index in [1.54, 1.807) is 0 Å². The van der Waals surface area contributed by atoms with Crippen LogP contribution in [0, 0.1) is 5.92 Å². The Bertz CT molecular complexity index is 1070. The molecule has 1 aromatic heterocycles. The number of anilines is 1. The van der Waals surface area contributed by atoms with E-state index in [9.17, 15) is 19.2 Å². The lowest BCUT2D eigenvalue weighted by Gasteiger charge is -2.36. The van der Waals surface area contributed by atoms with E-state index in [0.717, 1.165) is 35.4 Å². The molecular weight excluding hydrogens is 444 g/mol. The highest BCUT2D eigenvalue weighted by atomic mass is 32.1. The number of benzene rings is 1. The van der Waals surface area contributed by atoms with Crippen molar-refractivity contribution in [3.05, 3.63) is 35.7 Å². The third-order valence-corrected chi connectivity index (χ3v) is 7.03. The number of nitrogens with zero attached hydrogens (tertiary/aromatic N) is 2. The summed E-state index contributed by atoms with van der Waals surface area (Å²) in [4.78, 5) is 55.5. The maximum Gasteiger partial charge on any atom is 0.327 e. The second-order valence-electron chi connectivity index (χ2n) is 8.46. The van der Waals surface area contributed by atoms with Crippen molar-refractivity contribution in [2.24, 2.45) is 5.92 Å². The molecule has 10 heteroatoms. The van der Waals surface area contributed by atoms with Gasteiger partial charge in [0.2, 0.25) is 0 Å². The van der Waals surface area contributed by atoms with Gasteiger partial charge in [0, 0.05) is 10.9 Å². The number of imide groups is 1. The summed E-state index contributed by atoms with van der Waals surface area (Å²) in [5, 5.41) is 7.62. The van der Waals surface area contributed by atoms with Gasteiger partial charge in [-0.15, -0.1) is 11.3 Å². The standard InChI is InChI=1S/C23H26N4O5S/c1-14-8-6-7-11-23(14)20(30)27(22(31)26-23)12-18(28)32-15(2)19(29)25-21-24-17(13-33-21)16-9-4-3-5-10-16/h3-5,9-10,13-15H,6-8,11-12H2,1-2H3,(H,26,31)(H,24,25,29). The summed E-state index contributed by atoms with van der Waals surface area (Å²) < 4.78 is 5.19. The lowest BCUT2D eigenvalue weighted by atomic mass is 9.73. The first kappa shape index (κ1) is 22.9. The number of aromatic nitrogens is 1. The minimum Gasteiger partial charge on any atom is -0.451 e. The Balaban J connectivity index is 1.32. The Hall–Kier alpha value is -3.27. The van der Waals surface area contributed by atoms with Crippen LogP contribution in [0.2, 0.25) is 0 Å². The number of carbonyl (C=O) groups excluding carboxylic acids is 4. The van der Waals surface area contributed by atoms with E-state index in [1.165, 1.54) is 18.3 Å². The van der Waals surface area contributed by atoms with E-state index in [2.05, 4.69) is 15.6 Å². The molecule has 4 amide bonds. The van der Waals surface area contributed by atoms with Gasteiger partial charge in [-0.3, -0.25) is 24.6 Å².